The van der Waals surface area contributed by atoms with Gasteiger partial charge in [0.1, 0.15) is 18.3 Å². The molecule has 0 unspecified atom stereocenters. The number of nitrogens with zero attached hydrogens (tertiary/aromatic N) is 2. The Kier molecular flexibility index (Phi) is 4.55. The number of hydrogen-bond acceptors (Lipinski definition) is 2. The molecule has 0 spiro atoms. The molecule has 6 heteroatoms. The van der Waals surface area contributed by atoms with E-state index < -0.39 is 17.5 Å². The standard InChI is InChI=1S/C18H16F2N2O2/c19-13-7-9-14(10-8-13)22(12-21-11-3-6-17(21)23)18(24)15-4-1-2-5-16(15)20/h1-2,4-5,7-10H,3,6,11-12H2. The van der Waals surface area contributed by atoms with Crippen LogP contribution in [-0.2, 0) is 4.79 Å². The first-order valence-corrected chi connectivity index (χ1v) is 7.66. The molecule has 1 fully saturated rings. The summed E-state index contributed by atoms with van der Waals surface area (Å²) in [5.74, 6) is -1.69. The smallest absolute Gasteiger partial charge is 0.262 e. The van der Waals surface area contributed by atoms with Gasteiger partial charge in [-0.15, -0.1) is 0 Å². The lowest BCUT2D eigenvalue weighted by molar-refractivity contribution is -0.127. The van der Waals surface area contributed by atoms with Crippen LogP contribution in [0.2, 0.25) is 0 Å². The van der Waals surface area contributed by atoms with Crippen LogP contribution in [-0.4, -0.2) is 29.9 Å². The molecular formula is C18H16F2N2O2. The van der Waals surface area contributed by atoms with Crippen molar-refractivity contribution in [1.29, 1.82) is 0 Å². The van der Waals surface area contributed by atoms with Gasteiger partial charge in [-0.05, 0) is 42.8 Å². The number of hydrogen-bond donors (Lipinski definition) is 0. The molecule has 0 saturated carbocycles. The van der Waals surface area contributed by atoms with Gasteiger partial charge in [-0.1, -0.05) is 12.1 Å². The maximum atomic E-state index is 14.0. The summed E-state index contributed by atoms with van der Waals surface area (Å²) < 4.78 is 27.2. The molecule has 4 nitrogen and oxygen atoms in total. The second-order valence-corrected chi connectivity index (χ2v) is 5.59. The van der Waals surface area contributed by atoms with Crippen LogP contribution in [0.3, 0.4) is 0 Å². The van der Waals surface area contributed by atoms with Gasteiger partial charge in [0, 0.05) is 18.7 Å². The van der Waals surface area contributed by atoms with Gasteiger partial charge >= 0.3 is 0 Å². The zero-order valence-electron chi connectivity index (χ0n) is 12.9. The molecule has 0 bridgehead atoms. The second kappa shape index (κ2) is 6.78. The zero-order chi connectivity index (χ0) is 17.1. The van der Waals surface area contributed by atoms with Gasteiger partial charge in [-0.2, -0.15) is 0 Å². The fourth-order valence-corrected chi connectivity index (χ4v) is 2.69. The van der Waals surface area contributed by atoms with E-state index in [4.69, 9.17) is 0 Å². The average Bonchev–Trinajstić information content (AvgIpc) is 2.98. The molecule has 1 aliphatic heterocycles. The molecule has 124 valence electrons. The van der Waals surface area contributed by atoms with Crippen molar-refractivity contribution in [2.24, 2.45) is 0 Å². The van der Waals surface area contributed by atoms with Crippen molar-refractivity contribution in [2.75, 3.05) is 18.1 Å². The van der Waals surface area contributed by atoms with Crippen molar-refractivity contribution in [2.45, 2.75) is 12.8 Å². The van der Waals surface area contributed by atoms with Gasteiger partial charge < -0.3 is 4.90 Å². The van der Waals surface area contributed by atoms with E-state index in [1.54, 1.807) is 11.0 Å². The van der Waals surface area contributed by atoms with Crippen LogP contribution in [0.5, 0.6) is 0 Å². The Balaban J connectivity index is 1.94. The predicted molar refractivity (Wildman–Crippen MR) is 85.4 cm³/mol. The monoisotopic (exact) mass is 330 g/mol. The zero-order valence-corrected chi connectivity index (χ0v) is 12.9. The van der Waals surface area contributed by atoms with Crippen LogP contribution >= 0.6 is 0 Å². The van der Waals surface area contributed by atoms with Crippen LogP contribution < -0.4 is 4.90 Å². The highest BCUT2D eigenvalue weighted by molar-refractivity contribution is 6.06. The van der Waals surface area contributed by atoms with E-state index in [1.807, 2.05) is 0 Å². The van der Waals surface area contributed by atoms with Crippen LogP contribution in [0.25, 0.3) is 0 Å². The number of carbonyl (C=O) groups excluding carboxylic acids is 2. The second-order valence-electron chi connectivity index (χ2n) is 5.59. The van der Waals surface area contributed by atoms with Crippen molar-refractivity contribution in [3.8, 4) is 0 Å². The molecular weight excluding hydrogens is 314 g/mol. The lowest BCUT2D eigenvalue weighted by Crippen LogP contribution is -2.42. The number of rotatable bonds is 4. The molecule has 1 saturated heterocycles. The van der Waals surface area contributed by atoms with Gasteiger partial charge in [0.25, 0.3) is 5.91 Å². The lowest BCUT2D eigenvalue weighted by Gasteiger charge is -2.28. The van der Waals surface area contributed by atoms with Crippen molar-refractivity contribution in [1.82, 2.24) is 4.90 Å². The topological polar surface area (TPSA) is 40.6 Å². The number of carbonyl (C=O) groups is 2. The first-order valence-electron chi connectivity index (χ1n) is 7.66. The van der Waals surface area contributed by atoms with Crippen molar-refractivity contribution < 1.29 is 18.4 Å². The van der Waals surface area contributed by atoms with E-state index in [1.165, 1.54) is 47.4 Å². The van der Waals surface area contributed by atoms with E-state index >= 15 is 0 Å². The van der Waals surface area contributed by atoms with E-state index in [0.29, 0.717) is 18.7 Å². The van der Waals surface area contributed by atoms with Crippen LogP contribution in [0, 0.1) is 11.6 Å². The molecule has 2 aromatic rings. The number of likely N-dealkylation sites (tertiary alicyclic amines) is 1. The van der Waals surface area contributed by atoms with Crippen molar-refractivity contribution >= 4 is 17.5 Å². The molecule has 0 radical (unpaired) electrons. The summed E-state index contributed by atoms with van der Waals surface area (Å²) in [5, 5.41) is 0. The van der Waals surface area contributed by atoms with Gasteiger partial charge in [0.05, 0.1) is 5.56 Å². The molecule has 0 aliphatic carbocycles. The Bertz CT molecular complexity index is 762. The highest BCUT2D eigenvalue weighted by Gasteiger charge is 2.27. The van der Waals surface area contributed by atoms with Crippen LogP contribution in [0.1, 0.15) is 23.2 Å². The maximum Gasteiger partial charge on any atom is 0.262 e. The summed E-state index contributed by atoms with van der Waals surface area (Å²) >= 11 is 0. The van der Waals surface area contributed by atoms with E-state index in [9.17, 15) is 18.4 Å². The first-order chi connectivity index (χ1) is 11.6. The molecule has 1 heterocycles. The summed E-state index contributed by atoms with van der Waals surface area (Å²) in [6.45, 7) is 0.554. The third-order valence-corrected chi connectivity index (χ3v) is 3.97. The molecule has 2 aromatic carbocycles. The van der Waals surface area contributed by atoms with Crippen LogP contribution in [0.15, 0.2) is 48.5 Å². The summed E-state index contributed by atoms with van der Waals surface area (Å²) in [6, 6.07) is 11.0. The molecule has 0 atom stereocenters. The van der Waals surface area contributed by atoms with E-state index in [0.717, 1.165) is 6.42 Å². The normalized spacial score (nSPS) is 14.1. The van der Waals surface area contributed by atoms with Gasteiger partial charge in [0.2, 0.25) is 5.91 Å². The lowest BCUT2D eigenvalue weighted by atomic mass is 10.1. The summed E-state index contributed by atoms with van der Waals surface area (Å²) in [5.41, 5.74) is 0.317. The largest absolute Gasteiger partial charge is 0.324 e. The number of anilines is 1. The molecule has 24 heavy (non-hydrogen) atoms. The molecule has 3 rings (SSSR count). The number of amides is 2. The van der Waals surface area contributed by atoms with Gasteiger partial charge in [-0.3, -0.25) is 14.5 Å². The summed E-state index contributed by atoms with van der Waals surface area (Å²) in [4.78, 5) is 27.5. The summed E-state index contributed by atoms with van der Waals surface area (Å²) in [6.07, 6.45) is 1.16. The van der Waals surface area contributed by atoms with Gasteiger partial charge in [-0.25, -0.2) is 8.78 Å². The molecule has 0 aromatic heterocycles. The SMILES string of the molecule is O=C1CCCN1CN(C(=O)c1ccccc1F)c1ccc(F)cc1. The third kappa shape index (κ3) is 3.27. The average molecular weight is 330 g/mol. The molecule has 0 N–H and O–H groups in total. The minimum atomic E-state index is -0.637. The number of halogens is 2. The minimum absolute atomic E-state index is 0.0115. The van der Waals surface area contributed by atoms with E-state index in [-0.39, 0.29) is 18.1 Å². The van der Waals surface area contributed by atoms with Crippen LogP contribution in [0.4, 0.5) is 14.5 Å². The Labute approximate surface area is 138 Å². The Morgan fingerprint density at radius 2 is 1.79 bits per heavy atom. The Morgan fingerprint density at radius 3 is 2.42 bits per heavy atom. The fourth-order valence-electron chi connectivity index (χ4n) is 2.69. The highest BCUT2D eigenvalue weighted by atomic mass is 19.1. The summed E-state index contributed by atoms with van der Waals surface area (Å²) in [7, 11) is 0. The maximum absolute atomic E-state index is 14.0. The highest BCUT2D eigenvalue weighted by Crippen LogP contribution is 2.21. The quantitative estimate of drug-likeness (QED) is 0.864. The molecule has 2 amide bonds. The Hall–Kier alpha value is -2.76. The van der Waals surface area contributed by atoms with Crippen molar-refractivity contribution in [3.05, 3.63) is 65.7 Å². The molecule has 1 aliphatic rings. The predicted octanol–water partition coefficient (Wildman–Crippen LogP) is 3.19. The van der Waals surface area contributed by atoms with Crippen molar-refractivity contribution in [3.63, 3.8) is 0 Å². The van der Waals surface area contributed by atoms with Gasteiger partial charge in [0.15, 0.2) is 0 Å². The first kappa shape index (κ1) is 16.1. The third-order valence-electron chi connectivity index (χ3n) is 3.97. The fraction of sp³-hybridized carbons (Fsp3) is 0.222. The van der Waals surface area contributed by atoms with E-state index in [2.05, 4.69) is 0 Å². The number of benzene rings is 2. The Morgan fingerprint density at radius 1 is 1.08 bits per heavy atom. The minimum Gasteiger partial charge on any atom is -0.324 e.